The molecule has 0 aliphatic carbocycles. The minimum Gasteiger partial charge on any atom is -0.493 e. The molecule has 0 saturated heterocycles. The van der Waals surface area contributed by atoms with Crippen LogP contribution in [0.15, 0.2) is 48.7 Å². The molecule has 2 aromatic carbocycles. The summed E-state index contributed by atoms with van der Waals surface area (Å²) in [6.07, 6.45) is 3.05. The first kappa shape index (κ1) is 15.3. The van der Waals surface area contributed by atoms with Crippen molar-refractivity contribution >= 4 is 23.2 Å². The molecule has 0 amide bonds. The minimum absolute atomic E-state index is 0.0862. The van der Waals surface area contributed by atoms with Crippen molar-refractivity contribution in [1.29, 1.82) is 0 Å². The molecule has 1 aromatic heterocycles. The third-order valence-electron chi connectivity index (χ3n) is 5.04. The first-order chi connectivity index (χ1) is 12.2. The molecule has 1 unspecified atom stereocenters. The highest BCUT2D eigenvalue weighted by Gasteiger charge is 2.26. The number of hydrogen-bond donors (Lipinski definition) is 1. The average molecular weight is 371 g/mol. The largest absolute Gasteiger partial charge is 0.493 e. The van der Waals surface area contributed by atoms with Gasteiger partial charge in [0.15, 0.2) is 0 Å². The van der Waals surface area contributed by atoms with Crippen LogP contribution in [0.3, 0.4) is 0 Å². The highest BCUT2D eigenvalue weighted by molar-refractivity contribution is 6.42. The number of nitrogens with zero attached hydrogens (tertiary/aromatic N) is 1. The summed E-state index contributed by atoms with van der Waals surface area (Å²) in [5, 5.41) is 4.86. The Labute approximate surface area is 156 Å². The van der Waals surface area contributed by atoms with Gasteiger partial charge in [-0.25, -0.2) is 0 Å². The Bertz CT molecular complexity index is 980. The van der Waals surface area contributed by atoms with Gasteiger partial charge in [0.05, 0.1) is 28.4 Å². The van der Waals surface area contributed by atoms with Crippen LogP contribution in [-0.4, -0.2) is 11.2 Å². The van der Waals surface area contributed by atoms with E-state index in [4.69, 9.17) is 27.9 Å². The Morgan fingerprint density at radius 2 is 2.04 bits per heavy atom. The van der Waals surface area contributed by atoms with E-state index < -0.39 is 0 Å². The molecule has 0 radical (unpaired) electrons. The molecule has 5 rings (SSSR count). The third-order valence-corrected chi connectivity index (χ3v) is 5.88. The zero-order valence-corrected chi connectivity index (χ0v) is 14.9. The van der Waals surface area contributed by atoms with E-state index in [0.717, 1.165) is 30.0 Å². The number of halogens is 2. The van der Waals surface area contributed by atoms with Crippen molar-refractivity contribution in [1.82, 2.24) is 9.88 Å². The van der Waals surface area contributed by atoms with E-state index in [-0.39, 0.29) is 6.04 Å². The summed E-state index contributed by atoms with van der Waals surface area (Å²) in [5.41, 5.74) is 5.81. The number of benzene rings is 2. The summed E-state index contributed by atoms with van der Waals surface area (Å²) in [7, 11) is 0. The lowest BCUT2D eigenvalue weighted by Crippen LogP contribution is -2.21. The summed E-state index contributed by atoms with van der Waals surface area (Å²) in [4.78, 5) is 0. The van der Waals surface area contributed by atoms with Gasteiger partial charge in [-0.05, 0) is 41.5 Å². The van der Waals surface area contributed by atoms with E-state index in [1.807, 2.05) is 12.1 Å². The number of hydrogen-bond acceptors (Lipinski definition) is 2. The molecule has 5 heteroatoms. The summed E-state index contributed by atoms with van der Waals surface area (Å²) in [5.74, 6) is 1.01. The second-order valence-electron chi connectivity index (χ2n) is 6.44. The molecule has 25 heavy (non-hydrogen) atoms. The van der Waals surface area contributed by atoms with Gasteiger partial charge in [-0.3, -0.25) is 0 Å². The summed E-state index contributed by atoms with van der Waals surface area (Å²) in [6, 6.07) is 14.7. The Hall–Kier alpha value is -1.94. The topological polar surface area (TPSA) is 26.2 Å². The second-order valence-corrected chi connectivity index (χ2v) is 7.23. The Morgan fingerprint density at radius 1 is 1.12 bits per heavy atom. The van der Waals surface area contributed by atoms with Gasteiger partial charge in [0.1, 0.15) is 5.75 Å². The molecule has 2 aliphatic rings. The number of aromatic nitrogens is 1. The Kier molecular flexibility index (Phi) is 3.56. The normalized spacial score (nSPS) is 18.1. The Morgan fingerprint density at radius 3 is 2.96 bits per heavy atom. The van der Waals surface area contributed by atoms with Crippen molar-refractivity contribution in [3.8, 4) is 11.4 Å². The quantitative estimate of drug-likeness (QED) is 0.658. The third kappa shape index (κ3) is 2.38. The van der Waals surface area contributed by atoms with Gasteiger partial charge in [-0.1, -0.05) is 35.3 Å². The summed E-state index contributed by atoms with van der Waals surface area (Å²) < 4.78 is 7.84. The monoisotopic (exact) mass is 370 g/mol. The van der Waals surface area contributed by atoms with E-state index in [0.29, 0.717) is 16.6 Å². The molecule has 0 fully saturated rings. The maximum absolute atomic E-state index is 6.49. The zero-order valence-electron chi connectivity index (χ0n) is 13.4. The van der Waals surface area contributed by atoms with Gasteiger partial charge in [0, 0.05) is 30.4 Å². The molecule has 3 heterocycles. The number of ether oxygens (including phenoxy) is 1. The lowest BCUT2D eigenvalue weighted by molar-refractivity contribution is 0.357. The van der Waals surface area contributed by atoms with Crippen molar-refractivity contribution in [2.75, 3.05) is 6.61 Å². The fourth-order valence-electron chi connectivity index (χ4n) is 3.81. The van der Waals surface area contributed by atoms with Crippen molar-refractivity contribution in [2.24, 2.45) is 0 Å². The van der Waals surface area contributed by atoms with E-state index in [1.54, 1.807) is 0 Å². The minimum atomic E-state index is 0.0862. The maximum Gasteiger partial charge on any atom is 0.122 e. The molecule has 1 N–H and O–H groups in total. The van der Waals surface area contributed by atoms with Crippen LogP contribution >= 0.6 is 23.2 Å². The van der Waals surface area contributed by atoms with Crippen LogP contribution in [0.2, 0.25) is 10.0 Å². The standard InChI is InChI=1S/C20H16Cl2N2O/c21-15-4-5-16-14(19(15)22)11-23-20(17-2-1-8-24(16)17)13-3-6-18-12(10-13)7-9-25-18/h1-6,8,10,20,23H,7,9,11H2. The smallest absolute Gasteiger partial charge is 0.122 e. The molecule has 1 atom stereocenters. The van der Waals surface area contributed by atoms with Gasteiger partial charge in [0.25, 0.3) is 0 Å². The molecule has 126 valence electrons. The van der Waals surface area contributed by atoms with Gasteiger partial charge in [0.2, 0.25) is 0 Å². The van der Waals surface area contributed by atoms with Crippen LogP contribution in [0.25, 0.3) is 5.69 Å². The molecular weight excluding hydrogens is 355 g/mol. The van der Waals surface area contributed by atoms with Gasteiger partial charge in [-0.15, -0.1) is 0 Å². The zero-order chi connectivity index (χ0) is 17.0. The SMILES string of the molecule is Clc1ccc2c(c1Cl)CNC(c1ccc3c(c1)CCO3)c1cccn1-2. The van der Waals surface area contributed by atoms with Crippen molar-refractivity contribution in [3.05, 3.63) is 81.1 Å². The van der Waals surface area contributed by atoms with Crippen molar-refractivity contribution < 1.29 is 4.74 Å². The number of fused-ring (bicyclic) bond motifs is 4. The van der Waals surface area contributed by atoms with Crippen LogP contribution in [0, 0.1) is 0 Å². The van der Waals surface area contributed by atoms with Gasteiger partial charge in [-0.2, -0.15) is 0 Å². The fourth-order valence-corrected chi connectivity index (χ4v) is 4.21. The average Bonchev–Trinajstić information content (AvgIpc) is 3.25. The second kappa shape index (κ2) is 5.80. The summed E-state index contributed by atoms with van der Waals surface area (Å²) >= 11 is 12.7. The first-order valence-electron chi connectivity index (χ1n) is 8.36. The molecule has 3 aromatic rings. The predicted molar refractivity (Wildman–Crippen MR) is 100 cm³/mol. The van der Waals surface area contributed by atoms with Gasteiger partial charge >= 0.3 is 0 Å². The van der Waals surface area contributed by atoms with E-state index in [9.17, 15) is 0 Å². The number of rotatable bonds is 1. The fraction of sp³-hybridized carbons (Fsp3) is 0.200. The van der Waals surface area contributed by atoms with Crippen LogP contribution in [-0.2, 0) is 13.0 Å². The van der Waals surface area contributed by atoms with E-state index >= 15 is 0 Å². The van der Waals surface area contributed by atoms with Crippen LogP contribution < -0.4 is 10.1 Å². The van der Waals surface area contributed by atoms with Crippen molar-refractivity contribution in [3.63, 3.8) is 0 Å². The first-order valence-corrected chi connectivity index (χ1v) is 9.11. The highest BCUT2D eigenvalue weighted by Crippen LogP contribution is 2.37. The predicted octanol–water partition coefficient (Wildman–Crippen LogP) is 4.91. The molecule has 3 nitrogen and oxygen atoms in total. The molecule has 0 spiro atoms. The number of nitrogens with one attached hydrogen (secondary N) is 1. The lowest BCUT2D eigenvalue weighted by Gasteiger charge is -2.18. The highest BCUT2D eigenvalue weighted by atomic mass is 35.5. The van der Waals surface area contributed by atoms with Crippen LogP contribution in [0.1, 0.15) is 28.4 Å². The van der Waals surface area contributed by atoms with E-state index in [2.05, 4.69) is 46.4 Å². The molecule has 0 bridgehead atoms. The molecular formula is C20H16Cl2N2O. The molecule has 0 saturated carbocycles. The van der Waals surface area contributed by atoms with Crippen LogP contribution in [0.4, 0.5) is 0 Å². The Balaban J connectivity index is 1.64. The van der Waals surface area contributed by atoms with Crippen LogP contribution in [0.5, 0.6) is 5.75 Å². The van der Waals surface area contributed by atoms with Crippen molar-refractivity contribution in [2.45, 2.75) is 19.0 Å². The lowest BCUT2D eigenvalue weighted by atomic mass is 10.00. The maximum atomic E-state index is 6.49. The molecule has 2 aliphatic heterocycles. The summed E-state index contributed by atoms with van der Waals surface area (Å²) in [6.45, 7) is 1.43. The van der Waals surface area contributed by atoms with Gasteiger partial charge < -0.3 is 14.6 Å². The van der Waals surface area contributed by atoms with E-state index in [1.165, 1.54) is 16.8 Å².